The highest BCUT2D eigenvalue weighted by Crippen LogP contribution is 2.24. The molecule has 4 nitrogen and oxygen atoms in total. The predicted molar refractivity (Wildman–Crippen MR) is 65.0 cm³/mol. The molecule has 0 atom stereocenters. The Balaban J connectivity index is 2.14. The number of ether oxygens (including phenoxy) is 1. The van der Waals surface area contributed by atoms with Crippen molar-refractivity contribution >= 4 is 17.4 Å². The smallest absolute Gasteiger partial charge is 0.147 e. The van der Waals surface area contributed by atoms with E-state index in [0.717, 1.165) is 49.3 Å². The summed E-state index contributed by atoms with van der Waals surface area (Å²) in [6.07, 6.45) is 1.87. The van der Waals surface area contributed by atoms with Crippen LogP contribution in [0.15, 0.2) is 12.3 Å². The van der Waals surface area contributed by atoms with Crippen LogP contribution in [0.5, 0.6) is 0 Å². The van der Waals surface area contributed by atoms with Crippen molar-refractivity contribution in [3.8, 4) is 0 Å². The zero-order chi connectivity index (χ0) is 11.4. The van der Waals surface area contributed by atoms with E-state index in [1.54, 1.807) is 0 Å². The van der Waals surface area contributed by atoms with Crippen molar-refractivity contribution in [2.45, 2.75) is 6.54 Å². The Bertz CT molecular complexity index is 353. The van der Waals surface area contributed by atoms with Crippen molar-refractivity contribution in [2.75, 3.05) is 38.3 Å². The molecular weight excluding hydrogens is 226 g/mol. The Morgan fingerprint density at radius 3 is 2.88 bits per heavy atom. The summed E-state index contributed by atoms with van der Waals surface area (Å²) < 4.78 is 5.30. The van der Waals surface area contributed by atoms with Gasteiger partial charge in [-0.1, -0.05) is 11.6 Å². The van der Waals surface area contributed by atoms with Crippen molar-refractivity contribution in [2.24, 2.45) is 0 Å². The number of nitrogens with one attached hydrogen (secondary N) is 1. The van der Waals surface area contributed by atoms with E-state index < -0.39 is 0 Å². The lowest BCUT2D eigenvalue weighted by atomic mass is 10.2. The van der Waals surface area contributed by atoms with E-state index in [1.807, 2.05) is 19.3 Å². The van der Waals surface area contributed by atoms with Crippen LogP contribution < -0.4 is 10.2 Å². The molecule has 0 unspecified atom stereocenters. The van der Waals surface area contributed by atoms with Crippen molar-refractivity contribution in [3.05, 3.63) is 22.8 Å². The third-order valence-electron chi connectivity index (χ3n) is 2.57. The quantitative estimate of drug-likeness (QED) is 0.866. The lowest BCUT2D eigenvalue weighted by Crippen LogP contribution is -2.37. The largest absolute Gasteiger partial charge is 0.378 e. The first-order valence-corrected chi connectivity index (χ1v) is 5.81. The topological polar surface area (TPSA) is 37.4 Å². The molecule has 1 aromatic rings. The third kappa shape index (κ3) is 2.64. The molecule has 2 heterocycles. The number of pyridine rings is 1. The van der Waals surface area contributed by atoms with Gasteiger partial charge in [0.2, 0.25) is 0 Å². The highest BCUT2D eigenvalue weighted by Gasteiger charge is 2.15. The predicted octanol–water partition coefficient (Wildman–Crippen LogP) is 1.29. The Morgan fingerprint density at radius 2 is 2.25 bits per heavy atom. The average Bonchev–Trinajstić information content (AvgIpc) is 2.31. The maximum absolute atomic E-state index is 6.23. The number of nitrogens with zero attached hydrogens (tertiary/aromatic N) is 2. The van der Waals surface area contributed by atoms with E-state index in [2.05, 4.69) is 15.2 Å². The molecule has 1 fully saturated rings. The summed E-state index contributed by atoms with van der Waals surface area (Å²) in [6, 6.07) is 1.97. The Hall–Kier alpha value is -0.840. The molecule has 0 radical (unpaired) electrons. The molecule has 5 heteroatoms. The van der Waals surface area contributed by atoms with Gasteiger partial charge in [-0.15, -0.1) is 0 Å². The number of hydrogen-bond donors (Lipinski definition) is 1. The normalized spacial score (nSPS) is 16.5. The van der Waals surface area contributed by atoms with Gasteiger partial charge in [-0.2, -0.15) is 0 Å². The third-order valence-corrected chi connectivity index (χ3v) is 2.85. The first-order chi connectivity index (χ1) is 7.81. The van der Waals surface area contributed by atoms with E-state index in [1.165, 1.54) is 0 Å². The summed E-state index contributed by atoms with van der Waals surface area (Å²) in [5, 5.41) is 3.80. The van der Waals surface area contributed by atoms with Crippen LogP contribution in [0.2, 0.25) is 5.02 Å². The van der Waals surface area contributed by atoms with Crippen LogP contribution >= 0.6 is 11.6 Å². The van der Waals surface area contributed by atoms with Gasteiger partial charge in [0.05, 0.1) is 18.2 Å². The van der Waals surface area contributed by atoms with E-state index in [9.17, 15) is 0 Å². The van der Waals surface area contributed by atoms with E-state index in [-0.39, 0.29) is 0 Å². The van der Waals surface area contributed by atoms with Crippen molar-refractivity contribution in [1.29, 1.82) is 0 Å². The van der Waals surface area contributed by atoms with Crippen LogP contribution in [0, 0.1) is 0 Å². The molecule has 0 aromatic carbocycles. The maximum Gasteiger partial charge on any atom is 0.147 e. The highest BCUT2D eigenvalue weighted by atomic mass is 35.5. The molecule has 0 aliphatic carbocycles. The first-order valence-electron chi connectivity index (χ1n) is 5.43. The van der Waals surface area contributed by atoms with Crippen LogP contribution in [0.3, 0.4) is 0 Å². The average molecular weight is 242 g/mol. The molecule has 1 aliphatic heterocycles. The molecule has 88 valence electrons. The van der Waals surface area contributed by atoms with Gasteiger partial charge in [-0.05, 0) is 18.7 Å². The molecule has 0 spiro atoms. The Morgan fingerprint density at radius 1 is 1.50 bits per heavy atom. The van der Waals surface area contributed by atoms with Crippen LogP contribution in [-0.4, -0.2) is 38.3 Å². The molecule has 2 rings (SSSR count). The Labute approximate surface area is 101 Å². The molecular formula is C11H16ClN3O. The molecule has 1 aromatic heterocycles. The van der Waals surface area contributed by atoms with E-state index in [4.69, 9.17) is 16.3 Å². The van der Waals surface area contributed by atoms with Crippen LogP contribution in [0.1, 0.15) is 5.56 Å². The molecule has 1 saturated heterocycles. The minimum absolute atomic E-state index is 0.717. The minimum atomic E-state index is 0.717. The fourth-order valence-corrected chi connectivity index (χ4v) is 2.09. The van der Waals surface area contributed by atoms with Crippen LogP contribution in [0.4, 0.5) is 5.82 Å². The number of halogens is 1. The molecule has 0 bridgehead atoms. The zero-order valence-electron chi connectivity index (χ0n) is 9.37. The fraction of sp³-hybridized carbons (Fsp3) is 0.545. The Kier molecular flexibility index (Phi) is 3.98. The molecule has 16 heavy (non-hydrogen) atoms. The second-order valence-corrected chi connectivity index (χ2v) is 4.19. The second kappa shape index (κ2) is 5.48. The lowest BCUT2D eigenvalue weighted by Gasteiger charge is -2.28. The molecule has 0 saturated carbocycles. The van der Waals surface area contributed by atoms with Gasteiger partial charge in [-0.3, -0.25) is 0 Å². The number of aromatic nitrogens is 1. The minimum Gasteiger partial charge on any atom is -0.378 e. The van der Waals surface area contributed by atoms with Crippen LogP contribution in [0.25, 0.3) is 0 Å². The van der Waals surface area contributed by atoms with Gasteiger partial charge >= 0.3 is 0 Å². The van der Waals surface area contributed by atoms with Crippen molar-refractivity contribution in [3.63, 3.8) is 0 Å². The van der Waals surface area contributed by atoms with Gasteiger partial charge in [-0.25, -0.2) is 4.98 Å². The molecule has 1 N–H and O–H groups in total. The first kappa shape index (κ1) is 11.6. The summed E-state index contributed by atoms with van der Waals surface area (Å²) in [7, 11) is 1.91. The van der Waals surface area contributed by atoms with E-state index >= 15 is 0 Å². The van der Waals surface area contributed by atoms with Gasteiger partial charge in [0, 0.05) is 25.8 Å². The number of rotatable bonds is 3. The van der Waals surface area contributed by atoms with Gasteiger partial charge in [0.25, 0.3) is 0 Å². The van der Waals surface area contributed by atoms with Gasteiger partial charge < -0.3 is 15.0 Å². The second-order valence-electron chi connectivity index (χ2n) is 3.78. The van der Waals surface area contributed by atoms with Crippen LogP contribution in [-0.2, 0) is 11.3 Å². The number of anilines is 1. The number of morpholine rings is 1. The summed E-state index contributed by atoms with van der Waals surface area (Å²) in [5.74, 6) is 0.866. The molecule has 0 amide bonds. The maximum atomic E-state index is 6.23. The van der Waals surface area contributed by atoms with Crippen molar-refractivity contribution < 1.29 is 4.74 Å². The lowest BCUT2D eigenvalue weighted by molar-refractivity contribution is 0.122. The summed E-state index contributed by atoms with van der Waals surface area (Å²) in [4.78, 5) is 6.58. The van der Waals surface area contributed by atoms with Gasteiger partial charge in [0.15, 0.2) is 0 Å². The monoisotopic (exact) mass is 241 g/mol. The zero-order valence-corrected chi connectivity index (χ0v) is 10.1. The van der Waals surface area contributed by atoms with E-state index in [0.29, 0.717) is 0 Å². The number of hydrogen-bond acceptors (Lipinski definition) is 4. The van der Waals surface area contributed by atoms with Crippen molar-refractivity contribution in [1.82, 2.24) is 10.3 Å². The fourth-order valence-electron chi connectivity index (χ4n) is 1.78. The summed E-state index contributed by atoms with van der Waals surface area (Å²) in [5.41, 5.74) is 1.10. The standard InChI is InChI=1S/C11H16ClN3O/c1-13-7-9-6-10(12)11(14-8-9)15-2-4-16-5-3-15/h6,8,13H,2-5,7H2,1H3. The summed E-state index contributed by atoms with van der Waals surface area (Å²) >= 11 is 6.23. The molecule has 1 aliphatic rings. The summed E-state index contributed by atoms with van der Waals surface area (Å²) in [6.45, 7) is 4.00. The van der Waals surface area contributed by atoms with Gasteiger partial charge in [0.1, 0.15) is 5.82 Å². The highest BCUT2D eigenvalue weighted by molar-refractivity contribution is 6.33. The SMILES string of the molecule is CNCc1cnc(N2CCOCC2)c(Cl)c1.